The Morgan fingerprint density at radius 2 is 1.72 bits per heavy atom. The number of amides is 1. The van der Waals surface area contributed by atoms with E-state index in [-0.39, 0.29) is 18.4 Å². The SMILES string of the molecule is O=C(NCc1ccccc1)C1Cc2cc(C(F)(F)F)ccc2N2CCN(Cc3ccc(Cl)cc3)CC12. The molecule has 2 aliphatic rings. The van der Waals surface area contributed by atoms with E-state index in [9.17, 15) is 18.0 Å². The molecule has 8 heteroatoms. The second-order valence-electron chi connectivity index (χ2n) is 9.48. The lowest BCUT2D eigenvalue weighted by Gasteiger charge is -2.49. The molecule has 0 aromatic heterocycles. The van der Waals surface area contributed by atoms with Gasteiger partial charge in [-0.1, -0.05) is 54.1 Å². The first kappa shape index (κ1) is 24.7. The van der Waals surface area contributed by atoms with Crippen molar-refractivity contribution in [2.75, 3.05) is 24.5 Å². The molecule has 0 saturated carbocycles. The summed E-state index contributed by atoms with van der Waals surface area (Å²) >= 11 is 6.03. The van der Waals surface area contributed by atoms with Gasteiger partial charge in [0.1, 0.15) is 0 Å². The van der Waals surface area contributed by atoms with Gasteiger partial charge in [-0.3, -0.25) is 9.69 Å². The van der Waals surface area contributed by atoms with Crippen molar-refractivity contribution in [2.45, 2.75) is 31.7 Å². The molecule has 1 fully saturated rings. The summed E-state index contributed by atoms with van der Waals surface area (Å²) in [5, 5.41) is 3.71. The average molecular weight is 514 g/mol. The smallest absolute Gasteiger partial charge is 0.365 e. The van der Waals surface area contributed by atoms with Crippen molar-refractivity contribution in [3.8, 4) is 0 Å². The van der Waals surface area contributed by atoms with E-state index in [1.54, 1.807) is 6.07 Å². The minimum Gasteiger partial charge on any atom is -0.365 e. The van der Waals surface area contributed by atoms with Gasteiger partial charge in [0.05, 0.1) is 17.5 Å². The monoisotopic (exact) mass is 513 g/mol. The number of nitrogens with one attached hydrogen (secondary N) is 1. The van der Waals surface area contributed by atoms with Gasteiger partial charge >= 0.3 is 6.18 Å². The maximum absolute atomic E-state index is 13.4. The summed E-state index contributed by atoms with van der Waals surface area (Å²) < 4.78 is 40.3. The average Bonchev–Trinajstić information content (AvgIpc) is 2.88. The first-order valence-electron chi connectivity index (χ1n) is 12.0. The van der Waals surface area contributed by atoms with Crippen molar-refractivity contribution in [3.63, 3.8) is 0 Å². The molecule has 1 amide bonds. The van der Waals surface area contributed by atoms with E-state index in [1.165, 1.54) is 6.07 Å². The summed E-state index contributed by atoms with van der Waals surface area (Å²) in [6.07, 6.45) is -4.15. The number of rotatable bonds is 5. The number of nitrogens with zero attached hydrogens (tertiary/aromatic N) is 2. The molecule has 0 aliphatic carbocycles. The Morgan fingerprint density at radius 3 is 2.44 bits per heavy atom. The molecule has 3 aromatic rings. The van der Waals surface area contributed by atoms with Crippen LogP contribution in [-0.4, -0.2) is 36.5 Å². The van der Waals surface area contributed by atoms with E-state index in [0.29, 0.717) is 30.2 Å². The zero-order chi connectivity index (χ0) is 25.3. The number of hydrogen-bond donors (Lipinski definition) is 1. The van der Waals surface area contributed by atoms with Crippen LogP contribution in [0.25, 0.3) is 0 Å². The lowest BCUT2D eigenvalue weighted by molar-refractivity contribution is -0.137. The molecular weight excluding hydrogens is 487 g/mol. The zero-order valence-electron chi connectivity index (χ0n) is 19.6. The Labute approximate surface area is 213 Å². The molecule has 188 valence electrons. The normalized spacial score (nSPS) is 19.9. The highest BCUT2D eigenvalue weighted by Gasteiger charge is 2.42. The Hall–Kier alpha value is -3.03. The van der Waals surface area contributed by atoms with Crippen LogP contribution >= 0.6 is 11.6 Å². The summed E-state index contributed by atoms with van der Waals surface area (Å²) in [5.41, 5.74) is 2.80. The van der Waals surface area contributed by atoms with Crippen molar-refractivity contribution < 1.29 is 18.0 Å². The number of piperazine rings is 1. The molecule has 0 radical (unpaired) electrons. The van der Waals surface area contributed by atoms with E-state index < -0.39 is 17.7 Å². The van der Waals surface area contributed by atoms with Gasteiger partial charge in [0.15, 0.2) is 0 Å². The number of carbonyl (C=O) groups is 1. The quantitative estimate of drug-likeness (QED) is 0.487. The second-order valence-corrected chi connectivity index (χ2v) is 9.91. The standard InChI is InChI=1S/C28H27ClF3N3O/c29-23-9-6-20(7-10-23)17-34-12-13-35-25-11-8-22(28(30,31)32)14-21(25)15-24(26(35)18-34)27(36)33-16-19-4-2-1-3-5-19/h1-11,14,24,26H,12-13,15-18H2,(H,33,36). The number of hydrogen-bond acceptors (Lipinski definition) is 3. The predicted molar refractivity (Wildman–Crippen MR) is 135 cm³/mol. The third-order valence-corrected chi connectivity index (χ3v) is 7.34. The van der Waals surface area contributed by atoms with Crippen molar-refractivity contribution >= 4 is 23.2 Å². The van der Waals surface area contributed by atoms with Gasteiger partial charge in [0.25, 0.3) is 0 Å². The van der Waals surface area contributed by atoms with Crippen molar-refractivity contribution in [1.82, 2.24) is 10.2 Å². The Balaban J connectivity index is 1.40. The molecule has 36 heavy (non-hydrogen) atoms. The van der Waals surface area contributed by atoms with Crippen LogP contribution in [0.15, 0.2) is 72.8 Å². The van der Waals surface area contributed by atoms with Crippen LogP contribution in [0.4, 0.5) is 18.9 Å². The Kier molecular flexibility index (Phi) is 6.95. The van der Waals surface area contributed by atoms with E-state index in [0.717, 1.165) is 36.0 Å². The van der Waals surface area contributed by atoms with Crippen LogP contribution < -0.4 is 10.2 Å². The lowest BCUT2D eigenvalue weighted by atomic mass is 9.82. The summed E-state index contributed by atoms with van der Waals surface area (Å²) in [7, 11) is 0. The third-order valence-electron chi connectivity index (χ3n) is 7.09. The molecule has 5 rings (SSSR count). The van der Waals surface area contributed by atoms with Crippen LogP contribution in [0, 0.1) is 5.92 Å². The molecule has 0 spiro atoms. The molecule has 3 aromatic carbocycles. The molecule has 2 heterocycles. The molecule has 2 unspecified atom stereocenters. The number of carbonyl (C=O) groups excluding carboxylic acids is 1. The summed E-state index contributed by atoms with van der Waals surface area (Å²) in [4.78, 5) is 17.9. The highest BCUT2D eigenvalue weighted by atomic mass is 35.5. The van der Waals surface area contributed by atoms with Gasteiger partial charge in [-0.15, -0.1) is 0 Å². The van der Waals surface area contributed by atoms with Crippen LogP contribution in [0.1, 0.15) is 22.3 Å². The van der Waals surface area contributed by atoms with Gasteiger partial charge in [0, 0.05) is 43.4 Å². The highest BCUT2D eigenvalue weighted by molar-refractivity contribution is 6.30. The molecule has 2 aliphatic heterocycles. The van der Waals surface area contributed by atoms with Gasteiger partial charge < -0.3 is 10.2 Å². The van der Waals surface area contributed by atoms with Crippen molar-refractivity contribution in [2.24, 2.45) is 5.92 Å². The van der Waals surface area contributed by atoms with Crippen LogP contribution in [0.3, 0.4) is 0 Å². The number of fused-ring (bicyclic) bond motifs is 3. The summed E-state index contributed by atoms with van der Waals surface area (Å²) in [5.74, 6) is -0.594. The largest absolute Gasteiger partial charge is 0.416 e. The van der Waals surface area contributed by atoms with Crippen LogP contribution in [0.5, 0.6) is 0 Å². The van der Waals surface area contributed by atoms with Gasteiger partial charge in [-0.05, 0) is 53.4 Å². The van der Waals surface area contributed by atoms with E-state index in [1.807, 2.05) is 54.6 Å². The fourth-order valence-corrected chi connectivity index (χ4v) is 5.39. The summed E-state index contributed by atoms with van der Waals surface area (Å²) in [6, 6.07) is 21.1. The first-order valence-corrected chi connectivity index (χ1v) is 12.4. The molecule has 1 N–H and O–H groups in total. The van der Waals surface area contributed by atoms with E-state index >= 15 is 0 Å². The maximum atomic E-state index is 13.4. The fraction of sp³-hybridized carbons (Fsp3) is 0.321. The second kappa shape index (κ2) is 10.1. The minimum atomic E-state index is -4.42. The molecule has 4 nitrogen and oxygen atoms in total. The Bertz CT molecular complexity index is 1220. The molecular formula is C28H27ClF3N3O. The number of benzene rings is 3. The topological polar surface area (TPSA) is 35.6 Å². The Morgan fingerprint density at radius 1 is 0.972 bits per heavy atom. The maximum Gasteiger partial charge on any atom is 0.416 e. The van der Waals surface area contributed by atoms with Crippen molar-refractivity contribution in [3.05, 3.63) is 100 Å². The number of anilines is 1. The van der Waals surface area contributed by atoms with E-state index in [4.69, 9.17) is 11.6 Å². The molecule has 0 bridgehead atoms. The fourth-order valence-electron chi connectivity index (χ4n) is 5.27. The molecule has 2 atom stereocenters. The van der Waals surface area contributed by atoms with Gasteiger partial charge in [0.2, 0.25) is 5.91 Å². The van der Waals surface area contributed by atoms with Crippen LogP contribution in [-0.2, 0) is 30.5 Å². The zero-order valence-corrected chi connectivity index (χ0v) is 20.4. The highest BCUT2D eigenvalue weighted by Crippen LogP contribution is 2.40. The van der Waals surface area contributed by atoms with Gasteiger partial charge in [-0.25, -0.2) is 0 Å². The van der Waals surface area contributed by atoms with Crippen LogP contribution in [0.2, 0.25) is 5.02 Å². The number of halogens is 4. The lowest BCUT2D eigenvalue weighted by Crippen LogP contribution is -2.60. The molecule has 1 saturated heterocycles. The number of alkyl halides is 3. The minimum absolute atomic E-state index is 0.133. The summed E-state index contributed by atoms with van der Waals surface area (Å²) in [6.45, 7) is 3.14. The third kappa shape index (κ3) is 5.37. The first-order chi connectivity index (χ1) is 17.3. The van der Waals surface area contributed by atoms with Gasteiger partial charge in [-0.2, -0.15) is 13.2 Å². The predicted octanol–water partition coefficient (Wildman–Crippen LogP) is 5.54. The van der Waals surface area contributed by atoms with E-state index in [2.05, 4.69) is 15.1 Å². The van der Waals surface area contributed by atoms with Crippen molar-refractivity contribution in [1.29, 1.82) is 0 Å².